The number of rotatable bonds is 10. The number of nitrogens with two attached hydrogens (primary N) is 1. The molecular formula is C23H41N. The minimum absolute atomic E-state index is 0.152. The van der Waals surface area contributed by atoms with E-state index in [4.69, 9.17) is 5.73 Å². The highest BCUT2D eigenvalue weighted by molar-refractivity contribution is 5.09. The van der Waals surface area contributed by atoms with Crippen molar-refractivity contribution >= 4 is 0 Å². The zero-order chi connectivity index (χ0) is 18.2. The molecule has 0 spiro atoms. The van der Waals surface area contributed by atoms with Crippen LogP contribution in [-0.2, 0) is 0 Å². The molecule has 138 valence electrons. The molecule has 2 N–H and O–H groups in total. The van der Waals surface area contributed by atoms with Crippen molar-refractivity contribution in [2.24, 2.45) is 29.4 Å². The highest BCUT2D eigenvalue weighted by atomic mass is 14.7. The lowest BCUT2D eigenvalue weighted by Gasteiger charge is -2.24. The van der Waals surface area contributed by atoms with Gasteiger partial charge < -0.3 is 5.73 Å². The topological polar surface area (TPSA) is 26.0 Å². The molecule has 0 heterocycles. The van der Waals surface area contributed by atoms with E-state index in [9.17, 15) is 0 Å². The van der Waals surface area contributed by atoms with E-state index in [1.165, 1.54) is 37.7 Å². The average molecular weight is 332 g/mol. The maximum absolute atomic E-state index is 6.51. The third kappa shape index (κ3) is 7.38. The summed E-state index contributed by atoms with van der Waals surface area (Å²) in [6, 6.07) is 0. The molecule has 0 amide bonds. The zero-order valence-electron chi connectivity index (χ0n) is 16.9. The first-order valence-corrected chi connectivity index (χ1v) is 10.0. The van der Waals surface area contributed by atoms with E-state index in [0.717, 1.165) is 30.6 Å². The van der Waals surface area contributed by atoms with Crippen molar-refractivity contribution in [3.8, 4) is 0 Å². The van der Waals surface area contributed by atoms with Crippen molar-refractivity contribution in [3.63, 3.8) is 0 Å². The molecule has 24 heavy (non-hydrogen) atoms. The number of allylic oxidation sites excluding steroid dienone is 4. The largest absolute Gasteiger partial charge is 0.322 e. The Hall–Kier alpha value is -0.820. The van der Waals surface area contributed by atoms with E-state index in [2.05, 4.69) is 65.5 Å². The van der Waals surface area contributed by atoms with Crippen LogP contribution in [-0.4, -0.2) is 5.54 Å². The Bertz CT molecular complexity index is 429. The molecule has 1 saturated carbocycles. The molecule has 5 atom stereocenters. The van der Waals surface area contributed by atoms with Gasteiger partial charge >= 0.3 is 0 Å². The van der Waals surface area contributed by atoms with Gasteiger partial charge in [0.15, 0.2) is 0 Å². The van der Waals surface area contributed by atoms with Crippen molar-refractivity contribution in [2.75, 3.05) is 0 Å². The van der Waals surface area contributed by atoms with Crippen LogP contribution in [0.15, 0.2) is 36.5 Å². The van der Waals surface area contributed by atoms with Gasteiger partial charge in [0, 0.05) is 5.54 Å². The third-order valence-electron chi connectivity index (χ3n) is 5.69. The summed E-state index contributed by atoms with van der Waals surface area (Å²) in [5, 5.41) is 0. The Labute approximate surface area is 151 Å². The monoisotopic (exact) mass is 331 g/mol. The molecule has 0 radical (unpaired) electrons. The summed E-state index contributed by atoms with van der Waals surface area (Å²) < 4.78 is 0. The molecule has 1 aliphatic carbocycles. The van der Waals surface area contributed by atoms with Crippen LogP contribution in [0, 0.1) is 23.7 Å². The molecule has 1 nitrogen and oxygen atoms in total. The maximum atomic E-state index is 6.51. The van der Waals surface area contributed by atoms with Gasteiger partial charge in [-0.2, -0.15) is 0 Å². The van der Waals surface area contributed by atoms with Crippen LogP contribution < -0.4 is 5.73 Å². The van der Waals surface area contributed by atoms with Gasteiger partial charge in [0.1, 0.15) is 0 Å². The fourth-order valence-electron chi connectivity index (χ4n) is 4.15. The molecule has 0 saturated heterocycles. The van der Waals surface area contributed by atoms with Crippen LogP contribution in [0.4, 0.5) is 0 Å². The van der Waals surface area contributed by atoms with E-state index in [1.807, 2.05) is 0 Å². The van der Waals surface area contributed by atoms with Crippen LogP contribution in [0.1, 0.15) is 79.6 Å². The van der Waals surface area contributed by atoms with Gasteiger partial charge in [-0.05, 0) is 63.2 Å². The summed E-state index contributed by atoms with van der Waals surface area (Å²) in [5.41, 5.74) is 7.59. The van der Waals surface area contributed by atoms with Gasteiger partial charge in [0.25, 0.3) is 0 Å². The van der Waals surface area contributed by atoms with E-state index in [0.29, 0.717) is 5.92 Å². The summed E-state index contributed by atoms with van der Waals surface area (Å²) in [6.45, 7) is 15.3. The average Bonchev–Trinajstić information content (AvgIpc) is 2.75. The fourth-order valence-corrected chi connectivity index (χ4v) is 4.15. The van der Waals surface area contributed by atoms with Gasteiger partial charge in [-0.15, -0.1) is 0 Å². The fraction of sp³-hybridized carbons (Fsp3) is 0.739. The smallest absolute Gasteiger partial charge is 0.0310 e. The predicted molar refractivity (Wildman–Crippen MR) is 109 cm³/mol. The minimum atomic E-state index is -0.152. The maximum Gasteiger partial charge on any atom is 0.0310 e. The van der Waals surface area contributed by atoms with Crippen LogP contribution in [0.25, 0.3) is 0 Å². The molecular weight excluding hydrogens is 290 g/mol. The first kappa shape index (κ1) is 21.2. The Morgan fingerprint density at radius 1 is 1.21 bits per heavy atom. The summed E-state index contributed by atoms with van der Waals surface area (Å²) in [5.74, 6) is 2.99. The highest BCUT2D eigenvalue weighted by Crippen LogP contribution is 2.44. The van der Waals surface area contributed by atoms with Gasteiger partial charge in [-0.25, -0.2) is 0 Å². The molecule has 0 aliphatic heterocycles. The SMILES string of the molecule is C=C(C)C/C=C\CC1C(C)CC(C)C1/C=C/C(C)(N)CCCCC. The first-order chi connectivity index (χ1) is 11.3. The summed E-state index contributed by atoms with van der Waals surface area (Å²) in [4.78, 5) is 0. The molecule has 1 fully saturated rings. The number of hydrogen-bond donors (Lipinski definition) is 1. The number of unbranched alkanes of at least 4 members (excludes halogenated alkanes) is 2. The van der Waals surface area contributed by atoms with E-state index >= 15 is 0 Å². The van der Waals surface area contributed by atoms with Gasteiger partial charge in [-0.3, -0.25) is 0 Å². The molecule has 0 aromatic rings. The van der Waals surface area contributed by atoms with Crippen LogP contribution in [0.2, 0.25) is 0 Å². The molecule has 5 unspecified atom stereocenters. The van der Waals surface area contributed by atoms with Crippen molar-refractivity contribution in [1.29, 1.82) is 0 Å². The summed E-state index contributed by atoms with van der Waals surface area (Å²) >= 11 is 0. The van der Waals surface area contributed by atoms with Crippen LogP contribution in [0.5, 0.6) is 0 Å². The van der Waals surface area contributed by atoms with E-state index in [1.54, 1.807) is 0 Å². The molecule has 1 rings (SSSR count). The highest BCUT2D eigenvalue weighted by Gasteiger charge is 2.36. The summed E-state index contributed by atoms with van der Waals surface area (Å²) in [6.07, 6.45) is 17.8. The lowest BCUT2D eigenvalue weighted by molar-refractivity contribution is 0.355. The predicted octanol–water partition coefficient (Wildman–Crippen LogP) is 6.66. The van der Waals surface area contributed by atoms with E-state index in [-0.39, 0.29) is 5.54 Å². The third-order valence-corrected chi connectivity index (χ3v) is 5.69. The second kappa shape index (κ2) is 10.2. The standard InChI is InChI=1S/C23H41N/c1-7-8-11-15-23(6,24)16-14-22-20(5)17-19(4)21(22)13-10-9-12-18(2)3/h9-10,14,16,19-22H,2,7-8,11-13,15,17,24H2,1,3-6H3/b10-9-,16-14+. The lowest BCUT2D eigenvalue weighted by Crippen LogP contribution is -2.33. The Balaban J connectivity index is 2.65. The Kier molecular flexibility index (Phi) is 9.05. The second-order valence-electron chi connectivity index (χ2n) is 8.62. The Morgan fingerprint density at radius 3 is 2.54 bits per heavy atom. The normalized spacial score (nSPS) is 30.2. The molecule has 1 heteroatoms. The van der Waals surface area contributed by atoms with Gasteiger partial charge in [0.05, 0.1) is 0 Å². The molecule has 0 bridgehead atoms. The van der Waals surface area contributed by atoms with Crippen LogP contribution in [0.3, 0.4) is 0 Å². The molecule has 0 aromatic heterocycles. The van der Waals surface area contributed by atoms with Gasteiger partial charge in [0.2, 0.25) is 0 Å². The van der Waals surface area contributed by atoms with E-state index < -0.39 is 0 Å². The second-order valence-corrected chi connectivity index (χ2v) is 8.62. The Morgan fingerprint density at radius 2 is 1.92 bits per heavy atom. The van der Waals surface area contributed by atoms with Crippen molar-refractivity contribution in [1.82, 2.24) is 0 Å². The zero-order valence-corrected chi connectivity index (χ0v) is 16.9. The molecule has 1 aliphatic rings. The van der Waals surface area contributed by atoms with Crippen LogP contribution >= 0.6 is 0 Å². The first-order valence-electron chi connectivity index (χ1n) is 10.0. The van der Waals surface area contributed by atoms with Crippen molar-refractivity contribution < 1.29 is 0 Å². The quantitative estimate of drug-likeness (QED) is 0.351. The summed E-state index contributed by atoms with van der Waals surface area (Å²) in [7, 11) is 0. The number of hydrogen-bond acceptors (Lipinski definition) is 1. The van der Waals surface area contributed by atoms with Crippen molar-refractivity contribution in [2.45, 2.75) is 85.1 Å². The minimum Gasteiger partial charge on any atom is -0.322 e. The lowest BCUT2D eigenvalue weighted by atomic mass is 9.83. The van der Waals surface area contributed by atoms with Crippen molar-refractivity contribution in [3.05, 3.63) is 36.5 Å². The van der Waals surface area contributed by atoms with Gasteiger partial charge in [-0.1, -0.05) is 76.5 Å². The molecule has 0 aromatic carbocycles.